The Balaban J connectivity index is 1.92. The Morgan fingerprint density at radius 1 is 1.33 bits per heavy atom. The molecule has 0 spiro atoms. The number of benzene rings is 1. The Morgan fingerprint density at radius 2 is 2.12 bits per heavy atom. The minimum atomic E-state index is -0.388. The number of aromatic nitrogens is 2. The van der Waals surface area contributed by atoms with Crippen LogP contribution in [0.4, 0.5) is 0 Å². The first-order chi connectivity index (χ1) is 11.6. The van der Waals surface area contributed by atoms with E-state index in [1.54, 1.807) is 14.0 Å². The monoisotopic (exact) mass is 350 g/mol. The number of thioether (sulfide) groups is 1. The zero-order valence-electron chi connectivity index (χ0n) is 14.2. The zero-order chi connectivity index (χ0) is 17.4. The molecule has 6 nitrogen and oxygen atoms in total. The average molecular weight is 350 g/mol. The molecule has 2 rings (SSSR count). The lowest BCUT2D eigenvalue weighted by Gasteiger charge is -2.08. The van der Waals surface area contributed by atoms with Gasteiger partial charge in [-0.25, -0.2) is 0 Å². The standard InChI is InChI=1S/C17H22N2O4S/c1-4-5-10-22-16(20)12(2)24-17-19-18-15(23-17)11-13-8-6-7-9-14(13)21-3/h6-9,12H,4-5,10-11H2,1-3H3. The fraction of sp³-hybridized carbons (Fsp3) is 0.471. The molecule has 0 aliphatic carbocycles. The molecule has 0 radical (unpaired) electrons. The Kier molecular flexibility index (Phi) is 7.11. The van der Waals surface area contributed by atoms with Crippen molar-refractivity contribution in [3.8, 4) is 5.75 Å². The van der Waals surface area contributed by atoms with Crippen LogP contribution in [0.25, 0.3) is 0 Å². The largest absolute Gasteiger partial charge is 0.496 e. The van der Waals surface area contributed by atoms with Gasteiger partial charge in [0.25, 0.3) is 5.22 Å². The number of nitrogens with zero attached hydrogens (tertiary/aromatic N) is 2. The lowest BCUT2D eigenvalue weighted by atomic mass is 10.1. The van der Waals surface area contributed by atoms with Gasteiger partial charge in [-0.05, 0) is 19.4 Å². The number of methoxy groups -OCH3 is 1. The fourth-order valence-electron chi connectivity index (χ4n) is 2.00. The quantitative estimate of drug-likeness (QED) is 0.389. The average Bonchev–Trinajstić information content (AvgIpc) is 3.02. The summed E-state index contributed by atoms with van der Waals surface area (Å²) in [4.78, 5) is 11.9. The lowest BCUT2D eigenvalue weighted by molar-refractivity contribution is -0.142. The molecule has 1 unspecified atom stereocenters. The molecule has 1 heterocycles. The first kappa shape index (κ1) is 18.3. The highest BCUT2D eigenvalue weighted by molar-refractivity contribution is 8.00. The predicted molar refractivity (Wildman–Crippen MR) is 91.3 cm³/mol. The van der Waals surface area contributed by atoms with E-state index in [2.05, 4.69) is 10.2 Å². The summed E-state index contributed by atoms with van der Waals surface area (Å²) in [5, 5.41) is 7.99. The van der Waals surface area contributed by atoms with Crippen LogP contribution in [-0.2, 0) is 16.0 Å². The molecule has 130 valence electrons. The second-order valence-corrected chi connectivity index (χ2v) is 6.52. The maximum absolute atomic E-state index is 11.9. The highest BCUT2D eigenvalue weighted by Crippen LogP contribution is 2.25. The summed E-state index contributed by atoms with van der Waals surface area (Å²) in [6.07, 6.45) is 2.34. The molecule has 1 atom stereocenters. The van der Waals surface area contributed by atoms with Crippen LogP contribution < -0.4 is 4.74 Å². The number of rotatable bonds is 9. The molecule has 1 aromatic heterocycles. The summed E-state index contributed by atoms with van der Waals surface area (Å²) >= 11 is 1.20. The highest BCUT2D eigenvalue weighted by Gasteiger charge is 2.20. The number of para-hydroxylation sites is 1. The molecule has 24 heavy (non-hydrogen) atoms. The van der Waals surface area contributed by atoms with Crippen molar-refractivity contribution in [2.75, 3.05) is 13.7 Å². The maximum atomic E-state index is 11.9. The van der Waals surface area contributed by atoms with E-state index in [-0.39, 0.29) is 11.2 Å². The first-order valence-corrected chi connectivity index (χ1v) is 8.79. The van der Waals surface area contributed by atoms with Crippen LogP contribution in [0.3, 0.4) is 0 Å². The molecular formula is C17H22N2O4S. The molecular weight excluding hydrogens is 328 g/mol. The molecule has 0 N–H and O–H groups in total. The number of carbonyl (C=O) groups is 1. The molecule has 1 aromatic carbocycles. The van der Waals surface area contributed by atoms with Gasteiger partial charge in [0.1, 0.15) is 11.0 Å². The fourth-order valence-corrected chi connectivity index (χ4v) is 2.70. The van der Waals surface area contributed by atoms with Gasteiger partial charge in [-0.1, -0.05) is 43.3 Å². The van der Waals surface area contributed by atoms with Crippen LogP contribution in [0.1, 0.15) is 38.1 Å². The number of hydrogen-bond donors (Lipinski definition) is 0. The molecule has 0 saturated carbocycles. The van der Waals surface area contributed by atoms with Gasteiger partial charge >= 0.3 is 5.97 Å². The van der Waals surface area contributed by atoms with Crippen molar-refractivity contribution in [2.45, 2.75) is 43.6 Å². The van der Waals surface area contributed by atoms with E-state index in [1.807, 2.05) is 31.2 Å². The molecule has 0 amide bonds. The Labute approximate surface area is 145 Å². The topological polar surface area (TPSA) is 74.5 Å². The van der Waals surface area contributed by atoms with Gasteiger partial charge in [-0.15, -0.1) is 10.2 Å². The number of esters is 1. The third kappa shape index (κ3) is 5.26. The molecule has 0 fully saturated rings. The summed E-state index contributed by atoms with van der Waals surface area (Å²) in [5.41, 5.74) is 0.965. The van der Waals surface area contributed by atoms with E-state index in [0.717, 1.165) is 24.2 Å². The van der Waals surface area contributed by atoms with Crippen molar-refractivity contribution in [3.05, 3.63) is 35.7 Å². The minimum absolute atomic E-state index is 0.266. The van der Waals surface area contributed by atoms with Crippen molar-refractivity contribution in [1.82, 2.24) is 10.2 Å². The van der Waals surface area contributed by atoms with E-state index < -0.39 is 0 Å². The van der Waals surface area contributed by atoms with Crippen LogP contribution in [0.5, 0.6) is 5.75 Å². The van der Waals surface area contributed by atoms with Gasteiger partial charge in [0.15, 0.2) is 0 Å². The maximum Gasteiger partial charge on any atom is 0.319 e. The van der Waals surface area contributed by atoms with Gasteiger partial charge in [0, 0.05) is 5.56 Å². The molecule has 0 aliphatic heterocycles. The number of ether oxygens (including phenoxy) is 2. The Bertz CT molecular complexity index is 660. The summed E-state index contributed by atoms with van der Waals surface area (Å²) < 4.78 is 16.1. The van der Waals surface area contributed by atoms with Crippen molar-refractivity contribution in [2.24, 2.45) is 0 Å². The second kappa shape index (κ2) is 9.32. The normalized spacial score (nSPS) is 12.0. The third-order valence-electron chi connectivity index (χ3n) is 3.33. The predicted octanol–water partition coefficient (Wildman–Crippen LogP) is 3.49. The van der Waals surface area contributed by atoms with Crippen LogP contribution in [0.2, 0.25) is 0 Å². The molecule has 0 bridgehead atoms. The minimum Gasteiger partial charge on any atom is -0.496 e. The van der Waals surface area contributed by atoms with E-state index in [4.69, 9.17) is 13.9 Å². The summed E-state index contributed by atoms with van der Waals surface area (Å²) in [5.74, 6) is 0.990. The van der Waals surface area contributed by atoms with Crippen LogP contribution in [0.15, 0.2) is 33.9 Å². The van der Waals surface area contributed by atoms with Gasteiger partial charge < -0.3 is 13.9 Å². The van der Waals surface area contributed by atoms with E-state index in [1.165, 1.54) is 11.8 Å². The summed E-state index contributed by atoms with van der Waals surface area (Å²) in [7, 11) is 1.62. The van der Waals surface area contributed by atoms with Crippen molar-refractivity contribution < 1.29 is 18.7 Å². The summed E-state index contributed by atoms with van der Waals surface area (Å²) in [6, 6.07) is 7.67. The van der Waals surface area contributed by atoms with Crippen molar-refractivity contribution in [1.29, 1.82) is 0 Å². The number of unbranched alkanes of at least 4 members (excludes halogenated alkanes) is 1. The number of carbonyl (C=O) groups excluding carboxylic acids is 1. The van der Waals surface area contributed by atoms with Gasteiger partial charge in [-0.2, -0.15) is 0 Å². The van der Waals surface area contributed by atoms with Gasteiger partial charge in [0.2, 0.25) is 5.89 Å². The van der Waals surface area contributed by atoms with Gasteiger partial charge in [0.05, 0.1) is 20.1 Å². The second-order valence-electron chi connectivity index (χ2n) is 5.23. The van der Waals surface area contributed by atoms with Gasteiger partial charge in [-0.3, -0.25) is 4.79 Å². The third-order valence-corrected chi connectivity index (χ3v) is 4.25. The molecule has 0 saturated heterocycles. The lowest BCUT2D eigenvalue weighted by Crippen LogP contribution is -2.17. The smallest absolute Gasteiger partial charge is 0.319 e. The van der Waals surface area contributed by atoms with Crippen molar-refractivity contribution >= 4 is 17.7 Å². The molecule has 0 aliphatic rings. The van der Waals surface area contributed by atoms with Crippen molar-refractivity contribution in [3.63, 3.8) is 0 Å². The van der Waals surface area contributed by atoms with Crippen LogP contribution >= 0.6 is 11.8 Å². The molecule has 2 aromatic rings. The highest BCUT2D eigenvalue weighted by atomic mass is 32.2. The molecule has 7 heteroatoms. The SMILES string of the molecule is CCCCOC(=O)C(C)Sc1nnc(Cc2ccccc2OC)o1. The summed E-state index contributed by atoms with van der Waals surface area (Å²) in [6.45, 7) is 4.26. The van der Waals surface area contributed by atoms with E-state index in [0.29, 0.717) is 24.1 Å². The van der Waals surface area contributed by atoms with Crippen LogP contribution in [0, 0.1) is 0 Å². The van der Waals surface area contributed by atoms with E-state index in [9.17, 15) is 4.79 Å². The first-order valence-electron chi connectivity index (χ1n) is 7.91. The van der Waals surface area contributed by atoms with Crippen LogP contribution in [-0.4, -0.2) is 35.1 Å². The Hall–Kier alpha value is -2.02. The van der Waals surface area contributed by atoms with E-state index >= 15 is 0 Å². The number of hydrogen-bond acceptors (Lipinski definition) is 7. The Morgan fingerprint density at radius 3 is 2.88 bits per heavy atom. The zero-order valence-corrected chi connectivity index (χ0v) is 15.0.